The normalized spacial score (nSPS) is 19.6. The number of esters is 1. The Balaban J connectivity index is 2.97. The van der Waals surface area contributed by atoms with Crippen LogP contribution in [0, 0.1) is 0 Å². The number of halogens is 3. The second kappa shape index (κ2) is 5.34. The highest BCUT2D eigenvalue weighted by Crippen LogP contribution is 2.32. The van der Waals surface area contributed by atoms with E-state index in [9.17, 15) is 22.8 Å². The standard InChI is InChI=1S/C12H16F3NO4/c1-11(2,3)20-10(18)16-6-7(12(13,14)15)5-8(16)9(17)19-4/h5,8H,6H2,1-4H3/t8-/m0/s1. The van der Waals surface area contributed by atoms with Gasteiger partial charge in [0.25, 0.3) is 0 Å². The van der Waals surface area contributed by atoms with Crippen molar-refractivity contribution < 1.29 is 32.2 Å². The van der Waals surface area contributed by atoms with Gasteiger partial charge in [0.05, 0.1) is 19.2 Å². The van der Waals surface area contributed by atoms with Crippen molar-refractivity contribution in [3.05, 3.63) is 11.6 Å². The molecule has 1 atom stereocenters. The molecule has 1 aliphatic heterocycles. The molecule has 0 bridgehead atoms. The molecule has 1 rings (SSSR count). The summed E-state index contributed by atoms with van der Waals surface area (Å²) in [6.07, 6.45) is -4.93. The topological polar surface area (TPSA) is 55.8 Å². The first-order valence-electron chi connectivity index (χ1n) is 5.81. The van der Waals surface area contributed by atoms with E-state index in [1.807, 2.05) is 0 Å². The number of ether oxygens (including phenoxy) is 2. The molecule has 0 saturated heterocycles. The van der Waals surface area contributed by atoms with Gasteiger partial charge in [-0.1, -0.05) is 0 Å². The molecule has 0 fully saturated rings. The molecule has 1 aliphatic rings. The molecule has 0 unspecified atom stereocenters. The average Bonchev–Trinajstić information content (AvgIpc) is 2.69. The Morgan fingerprint density at radius 1 is 1.30 bits per heavy atom. The van der Waals surface area contributed by atoms with Gasteiger partial charge >= 0.3 is 18.2 Å². The maximum absolute atomic E-state index is 12.7. The van der Waals surface area contributed by atoms with Crippen LogP contribution >= 0.6 is 0 Å². The molecule has 114 valence electrons. The van der Waals surface area contributed by atoms with Gasteiger partial charge in [-0.05, 0) is 26.8 Å². The summed E-state index contributed by atoms with van der Waals surface area (Å²) in [5.74, 6) is -0.949. The van der Waals surface area contributed by atoms with E-state index in [0.717, 1.165) is 7.11 Å². The number of alkyl halides is 3. The van der Waals surface area contributed by atoms with Crippen molar-refractivity contribution >= 4 is 12.1 Å². The van der Waals surface area contributed by atoms with Crippen LogP contribution in [0.3, 0.4) is 0 Å². The molecule has 0 aliphatic carbocycles. The minimum atomic E-state index is -4.61. The lowest BCUT2D eigenvalue weighted by molar-refractivity contribution is -0.144. The van der Waals surface area contributed by atoms with E-state index in [0.29, 0.717) is 11.0 Å². The second-order valence-corrected chi connectivity index (χ2v) is 5.27. The van der Waals surface area contributed by atoms with Crippen molar-refractivity contribution in [2.24, 2.45) is 0 Å². The van der Waals surface area contributed by atoms with Gasteiger partial charge in [0.15, 0.2) is 6.04 Å². The fraction of sp³-hybridized carbons (Fsp3) is 0.667. The highest BCUT2D eigenvalue weighted by Gasteiger charge is 2.45. The first-order chi connectivity index (χ1) is 8.95. The fourth-order valence-corrected chi connectivity index (χ4v) is 1.61. The third kappa shape index (κ3) is 3.88. The molecule has 20 heavy (non-hydrogen) atoms. The van der Waals surface area contributed by atoms with Crippen LogP contribution in [-0.4, -0.2) is 48.4 Å². The van der Waals surface area contributed by atoms with Crippen LogP contribution in [0.5, 0.6) is 0 Å². The molecule has 0 aromatic rings. The molecule has 0 aromatic carbocycles. The van der Waals surface area contributed by atoms with E-state index in [1.54, 1.807) is 20.8 Å². The van der Waals surface area contributed by atoms with Crippen LogP contribution in [0.4, 0.5) is 18.0 Å². The Morgan fingerprint density at radius 2 is 1.85 bits per heavy atom. The monoisotopic (exact) mass is 295 g/mol. The van der Waals surface area contributed by atoms with Crippen LogP contribution in [0.1, 0.15) is 20.8 Å². The van der Waals surface area contributed by atoms with Gasteiger partial charge in [-0.2, -0.15) is 13.2 Å². The molecule has 5 nitrogen and oxygen atoms in total. The molecule has 1 heterocycles. The molecule has 8 heteroatoms. The summed E-state index contributed by atoms with van der Waals surface area (Å²) in [6, 6.07) is -1.42. The van der Waals surface area contributed by atoms with Gasteiger partial charge in [0.1, 0.15) is 5.60 Å². The molecular weight excluding hydrogens is 279 g/mol. The van der Waals surface area contributed by atoms with Gasteiger partial charge in [0, 0.05) is 0 Å². The lowest BCUT2D eigenvalue weighted by atomic mass is 10.2. The van der Waals surface area contributed by atoms with Gasteiger partial charge in [-0.3, -0.25) is 4.90 Å². The van der Waals surface area contributed by atoms with Gasteiger partial charge in [0.2, 0.25) is 0 Å². The van der Waals surface area contributed by atoms with Crippen molar-refractivity contribution in [3.8, 4) is 0 Å². The summed E-state index contributed by atoms with van der Waals surface area (Å²) in [4.78, 5) is 24.0. The van der Waals surface area contributed by atoms with E-state index < -0.39 is 42.0 Å². The van der Waals surface area contributed by atoms with Crippen LogP contribution < -0.4 is 0 Å². The summed E-state index contributed by atoms with van der Waals surface area (Å²) < 4.78 is 47.4. The Labute approximate surface area is 114 Å². The smallest absolute Gasteiger partial charge is 0.414 e. The van der Waals surface area contributed by atoms with E-state index in [-0.39, 0.29) is 0 Å². The van der Waals surface area contributed by atoms with Crippen molar-refractivity contribution in [1.82, 2.24) is 4.90 Å². The van der Waals surface area contributed by atoms with Crippen molar-refractivity contribution in [3.63, 3.8) is 0 Å². The molecule has 0 saturated carbocycles. The average molecular weight is 295 g/mol. The molecule has 0 radical (unpaired) electrons. The van der Waals surface area contributed by atoms with Gasteiger partial charge in [-0.15, -0.1) is 0 Å². The second-order valence-electron chi connectivity index (χ2n) is 5.27. The van der Waals surface area contributed by atoms with E-state index >= 15 is 0 Å². The summed E-state index contributed by atoms with van der Waals surface area (Å²) in [6.45, 7) is 3.99. The summed E-state index contributed by atoms with van der Waals surface area (Å²) in [7, 11) is 1.04. The van der Waals surface area contributed by atoms with Gasteiger partial charge < -0.3 is 9.47 Å². The maximum atomic E-state index is 12.7. The molecule has 1 amide bonds. The lowest BCUT2D eigenvalue weighted by Gasteiger charge is -2.27. The predicted molar refractivity (Wildman–Crippen MR) is 62.9 cm³/mol. The van der Waals surface area contributed by atoms with Crippen LogP contribution in [0.2, 0.25) is 0 Å². The number of nitrogens with zero attached hydrogens (tertiary/aromatic N) is 1. The number of hydrogen-bond acceptors (Lipinski definition) is 4. The number of amides is 1. The predicted octanol–water partition coefficient (Wildman–Crippen LogP) is 2.27. The summed E-state index contributed by atoms with van der Waals surface area (Å²) >= 11 is 0. The Hall–Kier alpha value is -1.73. The Morgan fingerprint density at radius 3 is 2.25 bits per heavy atom. The number of carbonyl (C=O) groups excluding carboxylic acids is 2. The van der Waals surface area contributed by atoms with Gasteiger partial charge in [-0.25, -0.2) is 9.59 Å². The van der Waals surface area contributed by atoms with E-state index in [2.05, 4.69) is 4.74 Å². The van der Waals surface area contributed by atoms with Crippen molar-refractivity contribution in [2.75, 3.05) is 13.7 Å². The molecular formula is C12H16F3NO4. The van der Waals surface area contributed by atoms with Crippen LogP contribution in [0.15, 0.2) is 11.6 Å². The third-order valence-corrected chi connectivity index (χ3v) is 2.47. The third-order valence-electron chi connectivity index (χ3n) is 2.47. The largest absolute Gasteiger partial charge is 0.467 e. The van der Waals surface area contributed by atoms with E-state index in [4.69, 9.17) is 4.74 Å². The van der Waals surface area contributed by atoms with Crippen molar-refractivity contribution in [2.45, 2.75) is 38.6 Å². The minimum Gasteiger partial charge on any atom is -0.467 e. The Kier molecular flexibility index (Phi) is 4.36. The number of hydrogen-bond donors (Lipinski definition) is 0. The fourth-order valence-electron chi connectivity index (χ4n) is 1.61. The zero-order chi connectivity index (χ0) is 15.7. The summed E-state index contributed by atoms with van der Waals surface area (Å²) in [5, 5.41) is 0. The number of methoxy groups -OCH3 is 1. The molecule has 0 spiro atoms. The molecule has 0 aromatic heterocycles. The number of carbonyl (C=O) groups is 2. The highest BCUT2D eigenvalue weighted by molar-refractivity contribution is 5.85. The maximum Gasteiger partial charge on any atom is 0.414 e. The minimum absolute atomic E-state index is 0.676. The Bertz CT molecular complexity index is 437. The van der Waals surface area contributed by atoms with E-state index in [1.165, 1.54) is 0 Å². The highest BCUT2D eigenvalue weighted by atomic mass is 19.4. The lowest BCUT2D eigenvalue weighted by Crippen LogP contribution is -2.44. The van der Waals surface area contributed by atoms with Crippen LogP contribution in [-0.2, 0) is 14.3 Å². The molecule has 0 N–H and O–H groups in total. The van der Waals surface area contributed by atoms with Crippen LogP contribution in [0.25, 0.3) is 0 Å². The van der Waals surface area contributed by atoms with Crippen molar-refractivity contribution in [1.29, 1.82) is 0 Å². The quantitative estimate of drug-likeness (QED) is 0.550. The number of rotatable bonds is 1. The first-order valence-corrected chi connectivity index (χ1v) is 5.81. The SMILES string of the molecule is COC(=O)[C@@H]1C=C(C(F)(F)F)CN1C(=O)OC(C)(C)C. The first kappa shape index (κ1) is 16.3. The zero-order valence-electron chi connectivity index (χ0n) is 11.6. The zero-order valence-corrected chi connectivity index (χ0v) is 11.6. The summed E-state index contributed by atoms with van der Waals surface area (Å²) in [5.41, 5.74) is -1.85.